The number of hydrogen-bond donors (Lipinski definition) is 0. The molecule has 2 aliphatic heterocycles. The first kappa shape index (κ1) is 16.4. The summed E-state index contributed by atoms with van der Waals surface area (Å²) in [4.78, 5) is 0. The number of nitrogens with zero attached hydrogens (tertiary/aromatic N) is 3. The lowest BCUT2D eigenvalue weighted by molar-refractivity contribution is 0.242. The van der Waals surface area contributed by atoms with Gasteiger partial charge in [0.2, 0.25) is 0 Å². The summed E-state index contributed by atoms with van der Waals surface area (Å²) in [5.74, 6) is 0. The first-order valence-corrected chi connectivity index (χ1v) is 8.46. The van der Waals surface area contributed by atoms with Crippen LogP contribution >= 0.6 is 0 Å². The lowest BCUT2D eigenvalue weighted by Crippen LogP contribution is -2.48. The molecule has 0 atom stereocenters. The molecule has 3 nitrogen and oxygen atoms in total. The van der Waals surface area contributed by atoms with Gasteiger partial charge in [-0.15, -0.1) is 0 Å². The molecule has 0 aromatic heterocycles. The average Bonchev–Trinajstić information content (AvgIpc) is 2.88. The molecular formula is C11H25F2N3SSi. The minimum Gasteiger partial charge on any atom is -0.254 e. The number of hydrogen-bond acceptors (Lipinski definition) is 3. The van der Waals surface area contributed by atoms with Gasteiger partial charge in [0.15, 0.2) is 0 Å². The van der Waals surface area contributed by atoms with E-state index in [9.17, 15) is 8.78 Å². The molecule has 0 bridgehead atoms. The normalized spacial score (nSPS) is 22.0. The Labute approximate surface area is 116 Å². The lowest BCUT2D eigenvalue weighted by atomic mass is 10.4. The van der Waals surface area contributed by atoms with Gasteiger partial charge in [0.1, 0.15) is 0 Å². The molecule has 2 fully saturated rings. The van der Waals surface area contributed by atoms with Crippen molar-refractivity contribution >= 4 is 21.7 Å². The predicted octanol–water partition coefficient (Wildman–Crippen LogP) is 0.945. The quantitative estimate of drug-likeness (QED) is 0.567. The monoisotopic (exact) mass is 297 g/mol. The van der Waals surface area contributed by atoms with Crippen LogP contribution in [0.3, 0.4) is 0 Å². The summed E-state index contributed by atoms with van der Waals surface area (Å²) in [7, 11) is 5.11. The molecule has 18 heavy (non-hydrogen) atoms. The fourth-order valence-corrected chi connectivity index (χ4v) is 4.75. The fraction of sp³-hybridized carbons (Fsp3) is 1.00. The molecule has 0 N–H and O–H groups in total. The third kappa shape index (κ3) is 5.52. The van der Waals surface area contributed by atoms with E-state index < -0.39 is 6.05 Å². The summed E-state index contributed by atoms with van der Waals surface area (Å²) in [6.07, 6.45) is 5.58. The highest BCUT2D eigenvalue weighted by atomic mass is 32.2. The van der Waals surface area contributed by atoms with Crippen molar-refractivity contribution in [2.75, 3.05) is 40.3 Å². The van der Waals surface area contributed by atoms with E-state index in [4.69, 9.17) is 0 Å². The molecule has 0 unspecified atom stereocenters. The van der Waals surface area contributed by atoms with Gasteiger partial charge in [-0.25, -0.2) is 10.2 Å². The molecule has 0 saturated carbocycles. The zero-order valence-electron chi connectivity index (χ0n) is 11.4. The van der Waals surface area contributed by atoms with Crippen molar-refractivity contribution in [3.05, 3.63) is 0 Å². The van der Waals surface area contributed by atoms with Gasteiger partial charge in [-0.3, -0.25) is 8.78 Å². The third-order valence-corrected chi connectivity index (χ3v) is 5.23. The molecule has 0 radical (unpaired) electrons. The molecule has 0 aliphatic carbocycles. The molecule has 2 aliphatic rings. The van der Waals surface area contributed by atoms with Gasteiger partial charge < -0.3 is 0 Å². The second-order valence-electron chi connectivity index (χ2n) is 4.72. The molecule has 2 rings (SSSR count). The van der Waals surface area contributed by atoms with Gasteiger partial charge in [0.05, 0.1) is 6.05 Å². The summed E-state index contributed by atoms with van der Waals surface area (Å²) in [6.45, 7) is 5.21. The molecule has 0 amide bonds. The summed E-state index contributed by atoms with van der Waals surface area (Å²) >= 11 is 0.273. The van der Waals surface area contributed by atoms with Gasteiger partial charge in [-0.05, 0) is 25.7 Å². The van der Waals surface area contributed by atoms with Crippen molar-refractivity contribution in [3.63, 3.8) is 0 Å². The Morgan fingerprint density at radius 2 is 1.22 bits per heavy atom. The molecule has 108 valence electrons. The zero-order chi connectivity index (χ0) is 13.5. The van der Waals surface area contributed by atoms with Crippen molar-refractivity contribution in [1.82, 2.24) is 12.9 Å². The number of rotatable bonds is 3. The van der Waals surface area contributed by atoms with Crippen LogP contribution in [-0.2, 0) is 11.5 Å². The summed E-state index contributed by atoms with van der Waals surface area (Å²) in [5.41, 5.74) is 0. The van der Waals surface area contributed by atoms with E-state index in [1.165, 1.54) is 51.9 Å². The molecule has 2 saturated heterocycles. The maximum atomic E-state index is 10.3. The topological polar surface area (TPSA) is 9.72 Å². The van der Waals surface area contributed by atoms with E-state index in [0.29, 0.717) is 10.2 Å². The maximum Gasteiger partial charge on any atom is 0.267 e. The highest BCUT2D eigenvalue weighted by molar-refractivity contribution is 7.90. The Kier molecular flexibility index (Phi) is 7.70. The van der Waals surface area contributed by atoms with Crippen molar-refractivity contribution in [2.45, 2.75) is 31.7 Å². The minimum absolute atomic E-state index is 0.273. The highest BCUT2D eigenvalue weighted by Crippen LogP contribution is 2.23. The first-order chi connectivity index (χ1) is 8.52. The maximum absolute atomic E-state index is 10.3. The van der Waals surface area contributed by atoms with Crippen LogP contribution in [0.1, 0.15) is 25.7 Å². The van der Waals surface area contributed by atoms with E-state index >= 15 is 0 Å². The van der Waals surface area contributed by atoms with E-state index in [0.717, 1.165) is 0 Å². The van der Waals surface area contributed by atoms with Gasteiger partial charge in [0, 0.05) is 40.3 Å². The van der Waals surface area contributed by atoms with Gasteiger partial charge in [-0.1, -0.05) is 12.9 Å². The standard InChI is InChI=1S/C10H22N3S.CH3F2Si/c1-11(2)14(12-7-3-4-8-12)13-9-5-6-10-13;2-1(3)4/h3-10H2,1-2H3;1H,4H2/q+1;-1. The predicted molar refractivity (Wildman–Crippen MR) is 77.2 cm³/mol. The van der Waals surface area contributed by atoms with Crippen LogP contribution in [-0.4, -0.2) is 69.5 Å². The molecule has 0 aromatic carbocycles. The van der Waals surface area contributed by atoms with Gasteiger partial charge >= 0.3 is 0 Å². The number of alkyl halides is 2. The second-order valence-corrected chi connectivity index (χ2v) is 7.59. The minimum atomic E-state index is -2.14. The van der Waals surface area contributed by atoms with Gasteiger partial charge in [0.25, 0.3) is 11.5 Å². The zero-order valence-corrected chi connectivity index (χ0v) is 13.7. The second kappa shape index (κ2) is 8.47. The van der Waals surface area contributed by atoms with Crippen LogP contribution < -0.4 is 0 Å². The smallest absolute Gasteiger partial charge is 0.254 e. The van der Waals surface area contributed by atoms with Crippen LogP contribution in [0.4, 0.5) is 8.78 Å². The van der Waals surface area contributed by atoms with Crippen LogP contribution in [0.5, 0.6) is 0 Å². The SMILES string of the molecule is CN(C)[S+](N1CCCC1)N1CCCC1.FC(F)[SiH2-]. The highest BCUT2D eigenvalue weighted by Gasteiger charge is 2.42. The summed E-state index contributed by atoms with van der Waals surface area (Å²) in [6, 6.07) is -2.14. The summed E-state index contributed by atoms with van der Waals surface area (Å²) in [5, 5.41) is 0. The molecule has 0 spiro atoms. The molecule has 2 heterocycles. The number of halogens is 2. The van der Waals surface area contributed by atoms with Gasteiger partial charge in [-0.2, -0.15) is 0 Å². The van der Waals surface area contributed by atoms with Crippen molar-refractivity contribution in [1.29, 1.82) is 0 Å². The van der Waals surface area contributed by atoms with E-state index in [1.807, 2.05) is 0 Å². The van der Waals surface area contributed by atoms with Crippen LogP contribution in [0.2, 0.25) is 0 Å². The lowest BCUT2D eigenvalue weighted by Gasteiger charge is -2.25. The Morgan fingerprint density at radius 3 is 1.44 bits per heavy atom. The van der Waals surface area contributed by atoms with E-state index in [2.05, 4.69) is 27.0 Å². The Morgan fingerprint density at radius 1 is 0.944 bits per heavy atom. The fourth-order valence-electron chi connectivity index (χ4n) is 2.33. The van der Waals surface area contributed by atoms with Crippen LogP contribution in [0, 0.1) is 0 Å². The van der Waals surface area contributed by atoms with Crippen LogP contribution in [0.15, 0.2) is 0 Å². The first-order valence-electron chi connectivity index (χ1n) is 6.55. The Bertz CT molecular complexity index is 204. The molecule has 7 heteroatoms. The summed E-state index contributed by atoms with van der Waals surface area (Å²) < 4.78 is 28.4. The third-order valence-electron chi connectivity index (χ3n) is 2.92. The average molecular weight is 297 g/mol. The van der Waals surface area contributed by atoms with Crippen molar-refractivity contribution < 1.29 is 8.78 Å². The van der Waals surface area contributed by atoms with E-state index in [1.54, 1.807) is 0 Å². The Balaban J connectivity index is 0.000000357. The molecular weight excluding hydrogens is 272 g/mol. The van der Waals surface area contributed by atoms with Crippen molar-refractivity contribution in [2.24, 2.45) is 0 Å². The van der Waals surface area contributed by atoms with Crippen LogP contribution in [0.25, 0.3) is 0 Å². The molecule has 0 aromatic rings. The largest absolute Gasteiger partial charge is 0.267 e. The van der Waals surface area contributed by atoms with E-state index in [-0.39, 0.29) is 11.5 Å². The Hall–Kier alpha value is 0.307. The van der Waals surface area contributed by atoms with Crippen molar-refractivity contribution in [3.8, 4) is 0 Å².